The number of nitrogens with two attached hydrogens (primary N) is 1. The average Bonchev–Trinajstić information content (AvgIpc) is 3.39. The number of benzene rings is 1. The lowest BCUT2D eigenvalue weighted by molar-refractivity contribution is -0.135. The second-order valence-corrected chi connectivity index (χ2v) is 10.6. The zero-order valence-corrected chi connectivity index (χ0v) is 19.6. The number of aryl methyl sites for hydroxylation is 1. The molecule has 2 saturated carbocycles. The molecule has 2 aromatic heterocycles. The molecule has 170 valence electrons. The van der Waals surface area contributed by atoms with Crippen molar-refractivity contribution in [3.8, 4) is 10.7 Å². The lowest BCUT2D eigenvalue weighted by Gasteiger charge is -2.48. The molecule has 0 spiro atoms. The molecular formula is C26H32FN3OS. The number of nitrogens with zero attached hydrogens (tertiary/aromatic N) is 2. The summed E-state index contributed by atoms with van der Waals surface area (Å²) in [5.41, 5.74) is 8.10. The van der Waals surface area contributed by atoms with Crippen molar-refractivity contribution in [1.29, 1.82) is 0 Å². The van der Waals surface area contributed by atoms with Gasteiger partial charge in [-0.05, 0) is 79.7 Å². The minimum Gasteiger partial charge on any atom is -0.368 e. The number of fused-ring (bicyclic) bond motifs is 1. The molecular weight excluding hydrogens is 421 g/mol. The van der Waals surface area contributed by atoms with Crippen molar-refractivity contribution in [2.75, 3.05) is 0 Å². The maximum atomic E-state index is 14.6. The van der Waals surface area contributed by atoms with Crippen molar-refractivity contribution < 1.29 is 9.18 Å². The Hall–Kier alpha value is -2.21. The van der Waals surface area contributed by atoms with E-state index in [1.54, 1.807) is 23.5 Å². The summed E-state index contributed by atoms with van der Waals surface area (Å²) in [6.45, 7) is 2.07. The summed E-state index contributed by atoms with van der Waals surface area (Å²) in [6, 6.07) is 6.83. The molecule has 1 amide bonds. The van der Waals surface area contributed by atoms with E-state index in [0.717, 1.165) is 73.1 Å². The molecule has 3 aromatic rings. The van der Waals surface area contributed by atoms with E-state index < -0.39 is 5.54 Å². The first-order valence-corrected chi connectivity index (χ1v) is 12.9. The predicted molar refractivity (Wildman–Crippen MR) is 128 cm³/mol. The van der Waals surface area contributed by atoms with Gasteiger partial charge in [0.2, 0.25) is 5.91 Å². The number of imidazole rings is 1. The highest BCUT2D eigenvalue weighted by atomic mass is 32.1. The van der Waals surface area contributed by atoms with E-state index in [9.17, 15) is 9.18 Å². The minimum absolute atomic E-state index is 0.150. The highest BCUT2D eigenvalue weighted by Crippen LogP contribution is 2.51. The summed E-state index contributed by atoms with van der Waals surface area (Å²) >= 11 is 1.63. The van der Waals surface area contributed by atoms with Crippen molar-refractivity contribution in [3.05, 3.63) is 41.0 Å². The Labute approximate surface area is 193 Å². The van der Waals surface area contributed by atoms with Gasteiger partial charge in [-0.2, -0.15) is 0 Å². The Morgan fingerprint density at radius 3 is 2.22 bits per heavy atom. The van der Waals surface area contributed by atoms with Gasteiger partial charge >= 0.3 is 0 Å². The number of halogens is 1. The molecule has 4 nitrogen and oxygen atoms in total. The first-order valence-electron chi connectivity index (χ1n) is 12.1. The van der Waals surface area contributed by atoms with Crippen molar-refractivity contribution in [3.63, 3.8) is 0 Å². The molecule has 0 saturated heterocycles. The van der Waals surface area contributed by atoms with Gasteiger partial charge in [0.05, 0.1) is 15.9 Å². The third kappa shape index (κ3) is 3.38. The average molecular weight is 454 g/mol. The van der Waals surface area contributed by atoms with Crippen LogP contribution in [0.5, 0.6) is 0 Å². The van der Waals surface area contributed by atoms with Crippen LogP contribution in [0.3, 0.4) is 0 Å². The predicted octanol–water partition coefficient (Wildman–Crippen LogP) is 6.55. The molecule has 2 heterocycles. The number of carbonyl (C=O) groups is 1. The molecule has 2 aliphatic rings. The van der Waals surface area contributed by atoms with Gasteiger partial charge in [-0.15, -0.1) is 11.3 Å². The number of hydrogen-bond acceptors (Lipinski definition) is 3. The van der Waals surface area contributed by atoms with Gasteiger partial charge in [0.1, 0.15) is 11.4 Å². The number of amides is 1. The van der Waals surface area contributed by atoms with E-state index in [2.05, 4.69) is 22.9 Å². The summed E-state index contributed by atoms with van der Waals surface area (Å²) in [5.74, 6) is 0.496. The van der Waals surface area contributed by atoms with Crippen LogP contribution < -0.4 is 5.73 Å². The highest BCUT2D eigenvalue weighted by Gasteiger charge is 2.53. The van der Waals surface area contributed by atoms with Crippen LogP contribution in [0, 0.1) is 24.6 Å². The van der Waals surface area contributed by atoms with Gasteiger partial charge in [-0.1, -0.05) is 38.5 Å². The van der Waals surface area contributed by atoms with Crippen LogP contribution in [0.4, 0.5) is 4.39 Å². The maximum Gasteiger partial charge on any atom is 0.244 e. The van der Waals surface area contributed by atoms with Crippen LogP contribution in [0.15, 0.2) is 29.6 Å². The highest BCUT2D eigenvalue weighted by molar-refractivity contribution is 7.13. The van der Waals surface area contributed by atoms with Gasteiger partial charge in [-0.25, -0.2) is 9.37 Å². The third-order valence-electron chi connectivity index (χ3n) is 7.90. The van der Waals surface area contributed by atoms with Crippen LogP contribution >= 0.6 is 11.3 Å². The Bertz CT molecular complexity index is 1100. The molecule has 0 bridgehead atoms. The fourth-order valence-corrected chi connectivity index (χ4v) is 7.38. The van der Waals surface area contributed by atoms with Gasteiger partial charge < -0.3 is 10.3 Å². The number of carbonyl (C=O) groups excluding carboxylic acids is 1. The summed E-state index contributed by atoms with van der Waals surface area (Å²) in [6.07, 6.45) is 10.8. The summed E-state index contributed by atoms with van der Waals surface area (Å²) in [5, 5.41) is 2.06. The Balaban J connectivity index is 1.86. The molecule has 5 rings (SSSR count). The number of hydrogen-bond donors (Lipinski definition) is 1. The molecule has 0 unspecified atom stereocenters. The van der Waals surface area contributed by atoms with E-state index in [0.29, 0.717) is 5.52 Å². The smallest absolute Gasteiger partial charge is 0.244 e. The zero-order valence-electron chi connectivity index (χ0n) is 18.8. The second kappa shape index (κ2) is 8.62. The lowest BCUT2D eigenvalue weighted by Crippen LogP contribution is -2.58. The lowest BCUT2D eigenvalue weighted by atomic mass is 9.63. The van der Waals surface area contributed by atoms with Gasteiger partial charge in [0, 0.05) is 0 Å². The molecule has 6 heteroatoms. The monoisotopic (exact) mass is 453 g/mol. The fraction of sp³-hybridized carbons (Fsp3) is 0.538. The van der Waals surface area contributed by atoms with Crippen molar-refractivity contribution in [1.82, 2.24) is 9.55 Å². The normalized spacial score (nSPS) is 18.9. The third-order valence-corrected chi connectivity index (χ3v) is 8.91. The Morgan fingerprint density at radius 1 is 1.06 bits per heavy atom. The molecule has 1 aromatic carbocycles. The van der Waals surface area contributed by atoms with Crippen molar-refractivity contribution in [2.24, 2.45) is 17.6 Å². The molecule has 0 radical (unpaired) electrons. The Kier molecular flexibility index (Phi) is 5.82. The quantitative estimate of drug-likeness (QED) is 0.476. The molecule has 32 heavy (non-hydrogen) atoms. The van der Waals surface area contributed by atoms with Crippen LogP contribution in [0.2, 0.25) is 0 Å². The zero-order chi connectivity index (χ0) is 22.3. The summed E-state index contributed by atoms with van der Waals surface area (Å²) < 4.78 is 16.7. The van der Waals surface area contributed by atoms with E-state index in [-0.39, 0.29) is 23.6 Å². The topological polar surface area (TPSA) is 60.9 Å². The number of thiophene rings is 1. The van der Waals surface area contributed by atoms with E-state index in [4.69, 9.17) is 10.7 Å². The largest absolute Gasteiger partial charge is 0.368 e. The van der Waals surface area contributed by atoms with Crippen molar-refractivity contribution in [2.45, 2.75) is 76.7 Å². The first-order chi connectivity index (χ1) is 15.5. The van der Waals surface area contributed by atoms with E-state index >= 15 is 0 Å². The van der Waals surface area contributed by atoms with E-state index in [1.807, 2.05) is 0 Å². The molecule has 0 atom stereocenters. The molecule has 2 fully saturated rings. The van der Waals surface area contributed by atoms with Gasteiger partial charge in [0.15, 0.2) is 5.82 Å². The second-order valence-electron chi connectivity index (χ2n) is 9.70. The van der Waals surface area contributed by atoms with Gasteiger partial charge in [0.25, 0.3) is 0 Å². The molecule has 2 N–H and O–H groups in total. The molecule has 2 aliphatic carbocycles. The van der Waals surface area contributed by atoms with E-state index in [1.165, 1.54) is 18.9 Å². The fourth-order valence-electron chi connectivity index (χ4n) is 6.47. The Morgan fingerprint density at radius 2 is 1.69 bits per heavy atom. The van der Waals surface area contributed by atoms with Crippen LogP contribution in [-0.4, -0.2) is 15.5 Å². The maximum absolute atomic E-state index is 14.6. The minimum atomic E-state index is -0.880. The van der Waals surface area contributed by atoms with Crippen molar-refractivity contribution >= 4 is 28.3 Å². The summed E-state index contributed by atoms with van der Waals surface area (Å²) in [4.78, 5) is 19.8. The number of rotatable bonds is 5. The van der Waals surface area contributed by atoms with Crippen LogP contribution in [0.25, 0.3) is 21.7 Å². The number of primary amides is 1. The van der Waals surface area contributed by atoms with Gasteiger partial charge in [-0.3, -0.25) is 4.79 Å². The SMILES string of the molecule is Cc1ccsc1-c1nc2ccc(F)cc2n1C(C(N)=O)(C1CCCCC1)C1CCCCC1. The van der Waals surface area contributed by atoms with Crippen LogP contribution in [0.1, 0.15) is 69.8 Å². The molecule has 0 aliphatic heterocycles. The van der Waals surface area contributed by atoms with Crippen LogP contribution in [-0.2, 0) is 10.3 Å². The number of aromatic nitrogens is 2. The first kappa shape index (κ1) is 21.6. The summed E-state index contributed by atoms with van der Waals surface area (Å²) in [7, 11) is 0. The standard InChI is InChI=1S/C26H32FN3OS/c1-17-14-15-32-23(17)24-29-21-13-12-20(27)16-22(21)30(24)26(25(28)31,18-8-4-2-5-9-18)19-10-6-3-7-11-19/h12-16,18-19H,2-11H2,1H3,(H2,28,31).